The molecule has 0 saturated carbocycles. The average Bonchev–Trinajstić information content (AvgIpc) is 2.16. The lowest BCUT2D eigenvalue weighted by Crippen LogP contribution is -2.00. The van der Waals surface area contributed by atoms with Crippen LogP contribution < -0.4 is 0 Å². The fourth-order valence-electron chi connectivity index (χ4n) is 1.32. The molecule has 70 valence electrons. The van der Waals surface area contributed by atoms with Crippen molar-refractivity contribution in [3.63, 3.8) is 0 Å². The zero-order valence-corrected chi connectivity index (χ0v) is 8.25. The van der Waals surface area contributed by atoms with Gasteiger partial charge < -0.3 is 0 Å². The Morgan fingerprint density at radius 1 is 1.29 bits per heavy atom. The van der Waals surface area contributed by atoms with Crippen LogP contribution in [0, 0.1) is 0 Å². The monoisotopic (exact) mass is 206 g/mol. The lowest BCUT2D eigenvalue weighted by molar-refractivity contribution is 0.101. The second-order valence-corrected chi connectivity index (χ2v) is 3.25. The third kappa shape index (κ3) is 1.46. The zero-order chi connectivity index (χ0) is 10.1. The molecule has 0 N–H and O–H groups in total. The summed E-state index contributed by atoms with van der Waals surface area (Å²) in [4.78, 5) is 19.2. The summed E-state index contributed by atoms with van der Waals surface area (Å²) in [6.45, 7) is 1.46. The smallest absolute Gasteiger partial charge is 0.223 e. The number of carbonyl (C=O) groups excluding carboxylic acids is 1. The first kappa shape index (κ1) is 9.09. The molecule has 0 atom stereocenters. The van der Waals surface area contributed by atoms with Crippen molar-refractivity contribution in [3.8, 4) is 0 Å². The van der Waals surface area contributed by atoms with Crippen LogP contribution in [0.3, 0.4) is 0 Å². The first-order valence-electron chi connectivity index (χ1n) is 4.11. The lowest BCUT2D eigenvalue weighted by atomic mass is 10.1. The molecule has 1 aromatic carbocycles. The van der Waals surface area contributed by atoms with E-state index in [1.807, 2.05) is 18.2 Å². The Kier molecular flexibility index (Phi) is 2.17. The number of nitrogens with zero attached hydrogens (tertiary/aromatic N) is 2. The van der Waals surface area contributed by atoms with Gasteiger partial charge in [-0.15, -0.1) is 0 Å². The van der Waals surface area contributed by atoms with Crippen LogP contribution in [0.5, 0.6) is 0 Å². The van der Waals surface area contributed by atoms with E-state index in [1.165, 1.54) is 6.92 Å². The van der Waals surface area contributed by atoms with Gasteiger partial charge in [0.2, 0.25) is 5.28 Å². The highest BCUT2D eigenvalue weighted by molar-refractivity contribution is 6.29. The SMILES string of the molecule is CC(=O)c1nc(Cl)nc2ccccc12. The van der Waals surface area contributed by atoms with Gasteiger partial charge in [-0.05, 0) is 17.7 Å². The second kappa shape index (κ2) is 3.35. The molecule has 0 bridgehead atoms. The number of ketones is 1. The van der Waals surface area contributed by atoms with E-state index in [1.54, 1.807) is 6.07 Å². The summed E-state index contributed by atoms with van der Waals surface area (Å²) in [6.07, 6.45) is 0. The van der Waals surface area contributed by atoms with Crippen LogP contribution in [0.1, 0.15) is 17.4 Å². The van der Waals surface area contributed by atoms with Gasteiger partial charge in [-0.25, -0.2) is 9.97 Å². The number of fused-ring (bicyclic) bond motifs is 1. The molecule has 4 heteroatoms. The van der Waals surface area contributed by atoms with Crippen LogP contribution in [0.4, 0.5) is 0 Å². The van der Waals surface area contributed by atoms with Crippen LogP contribution in [-0.2, 0) is 0 Å². The maximum Gasteiger partial charge on any atom is 0.223 e. The van der Waals surface area contributed by atoms with E-state index in [9.17, 15) is 4.79 Å². The van der Waals surface area contributed by atoms with Crippen molar-refractivity contribution in [1.82, 2.24) is 9.97 Å². The Hall–Kier alpha value is -1.48. The van der Waals surface area contributed by atoms with Crippen molar-refractivity contribution in [2.45, 2.75) is 6.92 Å². The third-order valence-corrected chi connectivity index (χ3v) is 2.08. The molecule has 2 rings (SSSR count). The number of aromatic nitrogens is 2. The summed E-state index contributed by atoms with van der Waals surface area (Å²) in [6, 6.07) is 7.29. The summed E-state index contributed by atoms with van der Waals surface area (Å²) in [5.41, 5.74) is 1.07. The van der Waals surface area contributed by atoms with Crippen molar-refractivity contribution in [1.29, 1.82) is 0 Å². The molecule has 0 aliphatic heterocycles. The third-order valence-electron chi connectivity index (χ3n) is 1.91. The fraction of sp³-hybridized carbons (Fsp3) is 0.100. The summed E-state index contributed by atoms with van der Waals surface area (Å²) >= 11 is 5.69. The van der Waals surface area contributed by atoms with Gasteiger partial charge in [-0.3, -0.25) is 4.79 Å². The predicted octanol–water partition coefficient (Wildman–Crippen LogP) is 2.49. The molecule has 0 spiro atoms. The van der Waals surface area contributed by atoms with Crippen LogP contribution in [-0.4, -0.2) is 15.8 Å². The van der Waals surface area contributed by atoms with Crippen molar-refractivity contribution in [2.24, 2.45) is 0 Å². The van der Waals surface area contributed by atoms with Crippen molar-refractivity contribution in [2.75, 3.05) is 0 Å². The van der Waals surface area contributed by atoms with Gasteiger partial charge in [0.1, 0.15) is 5.69 Å². The summed E-state index contributed by atoms with van der Waals surface area (Å²) in [5, 5.41) is 0.846. The first-order valence-corrected chi connectivity index (χ1v) is 4.49. The second-order valence-electron chi connectivity index (χ2n) is 2.91. The van der Waals surface area contributed by atoms with Crippen molar-refractivity contribution < 1.29 is 4.79 Å². The van der Waals surface area contributed by atoms with E-state index in [0.29, 0.717) is 11.2 Å². The Morgan fingerprint density at radius 2 is 2.00 bits per heavy atom. The molecule has 0 aliphatic carbocycles. The molecule has 14 heavy (non-hydrogen) atoms. The Bertz CT molecular complexity index is 510. The molecule has 1 aromatic heterocycles. The van der Waals surface area contributed by atoms with Gasteiger partial charge >= 0.3 is 0 Å². The van der Waals surface area contributed by atoms with Crippen LogP contribution >= 0.6 is 11.6 Å². The predicted molar refractivity (Wildman–Crippen MR) is 54.6 cm³/mol. The van der Waals surface area contributed by atoms with E-state index in [-0.39, 0.29) is 11.1 Å². The minimum atomic E-state index is -0.106. The molecule has 0 fully saturated rings. The number of Topliss-reactive ketones (excluding diaryl/α,β-unsaturated/α-hetero) is 1. The van der Waals surface area contributed by atoms with E-state index in [2.05, 4.69) is 9.97 Å². The van der Waals surface area contributed by atoms with E-state index < -0.39 is 0 Å². The summed E-state index contributed by atoms with van der Waals surface area (Å²) in [5.74, 6) is -0.106. The number of benzene rings is 1. The van der Waals surface area contributed by atoms with E-state index in [4.69, 9.17) is 11.6 Å². The Balaban J connectivity index is 2.87. The lowest BCUT2D eigenvalue weighted by Gasteiger charge is -2.01. The van der Waals surface area contributed by atoms with Gasteiger partial charge in [0.15, 0.2) is 5.78 Å². The van der Waals surface area contributed by atoms with Gasteiger partial charge in [-0.1, -0.05) is 18.2 Å². The van der Waals surface area contributed by atoms with Gasteiger partial charge in [-0.2, -0.15) is 0 Å². The number of hydrogen-bond donors (Lipinski definition) is 0. The minimum Gasteiger partial charge on any atom is -0.293 e. The van der Waals surface area contributed by atoms with Gasteiger partial charge in [0, 0.05) is 12.3 Å². The fourth-order valence-corrected chi connectivity index (χ4v) is 1.49. The topological polar surface area (TPSA) is 42.9 Å². The normalized spacial score (nSPS) is 10.4. The highest BCUT2D eigenvalue weighted by Gasteiger charge is 2.09. The molecule has 0 unspecified atom stereocenters. The molecule has 0 radical (unpaired) electrons. The van der Waals surface area contributed by atoms with Crippen molar-refractivity contribution >= 4 is 28.3 Å². The highest BCUT2D eigenvalue weighted by Crippen LogP contribution is 2.17. The van der Waals surface area contributed by atoms with Crippen LogP contribution in [0.2, 0.25) is 5.28 Å². The van der Waals surface area contributed by atoms with Gasteiger partial charge in [0.25, 0.3) is 0 Å². The average molecular weight is 207 g/mol. The van der Waals surface area contributed by atoms with Crippen LogP contribution in [0.25, 0.3) is 10.9 Å². The molecular weight excluding hydrogens is 200 g/mol. The molecular formula is C10H7ClN2O. The summed E-state index contributed by atoms with van der Waals surface area (Å²) in [7, 11) is 0. The quantitative estimate of drug-likeness (QED) is 0.532. The number of para-hydroxylation sites is 1. The molecule has 2 aromatic rings. The molecule has 3 nitrogen and oxygen atoms in total. The molecule has 0 amide bonds. The highest BCUT2D eigenvalue weighted by atomic mass is 35.5. The van der Waals surface area contributed by atoms with Gasteiger partial charge in [0.05, 0.1) is 5.52 Å². The summed E-state index contributed by atoms with van der Waals surface area (Å²) < 4.78 is 0. The standard InChI is InChI=1S/C10H7ClN2O/c1-6(14)9-7-4-2-3-5-8(7)12-10(11)13-9/h2-5H,1H3. The molecule has 0 saturated heterocycles. The Labute approximate surface area is 85.7 Å². The van der Waals surface area contributed by atoms with E-state index in [0.717, 1.165) is 5.39 Å². The van der Waals surface area contributed by atoms with E-state index >= 15 is 0 Å². The maximum absolute atomic E-state index is 11.3. The Morgan fingerprint density at radius 3 is 2.71 bits per heavy atom. The molecule has 0 aliphatic rings. The van der Waals surface area contributed by atoms with Crippen LogP contribution in [0.15, 0.2) is 24.3 Å². The number of halogens is 1. The first-order chi connectivity index (χ1) is 6.68. The number of hydrogen-bond acceptors (Lipinski definition) is 3. The number of rotatable bonds is 1. The molecule has 1 heterocycles. The van der Waals surface area contributed by atoms with Crippen molar-refractivity contribution in [3.05, 3.63) is 35.2 Å². The zero-order valence-electron chi connectivity index (χ0n) is 7.49. The number of carbonyl (C=O) groups is 1. The maximum atomic E-state index is 11.3. The largest absolute Gasteiger partial charge is 0.293 e. The minimum absolute atomic E-state index is 0.105.